The SMILES string of the molecule is CNc1nc(CNC2CCN(NCc3ccccc3)CC2)nc2c1ncn2[C@@H]1O[C@H](COC)[C@@H](O)[C@H]1O.CNc1nc(COCc2ccccc2)nc2c1ncn2[C@@H]1O[C@H](COC)[C@@H](O)[C@H]1O.[HH]. The number of aromatic nitrogens is 8. The zero-order chi connectivity index (χ0) is 46.9. The van der Waals surface area contributed by atoms with Crippen LogP contribution in [0.5, 0.6) is 0 Å². The van der Waals surface area contributed by atoms with Crippen molar-refractivity contribution in [2.45, 2.75) is 94.3 Å². The van der Waals surface area contributed by atoms with Crippen LogP contribution in [-0.4, -0.2) is 162 Å². The van der Waals surface area contributed by atoms with Crippen LogP contribution < -0.4 is 21.4 Å². The molecule has 0 bridgehead atoms. The Morgan fingerprint density at radius 1 is 0.642 bits per heavy atom. The van der Waals surface area contributed by atoms with E-state index >= 15 is 0 Å². The van der Waals surface area contributed by atoms with Crippen molar-refractivity contribution in [2.75, 3.05) is 65.3 Å². The van der Waals surface area contributed by atoms with Crippen molar-refractivity contribution >= 4 is 34.0 Å². The first-order valence-corrected chi connectivity index (χ1v) is 22.4. The van der Waals surface area contributed by atoms with Gasteiger partial charge in [0, 0.05) is 55.4 Å². The summed E-state index contributed by atoms with van der Waals surface area (Å²) in [5.74, 6) is 2.22. The number of piperidine rings is 1. The average Bonchev–Trinajstić information content (AvgIpc) is 4.12. The van der Waals surface area contributed by atoms with Crippen LogP contribution in [0, 0.1) is 0 Å². The summed E-state index contributed by atoms with van der Waals surface area (Å²) in [5.41, 5.74) is 7.96. The van der Waals surface area contributed by atoms with Crippen molar-refractivity contribution in [3.63, 3.8) is 0 Å². The summed E-state index contributed by atoms with van der Waals surface area (Å²) < 4.78 is 30.9. The van der Waals surface area contributed by atoms with Gasteiger partial charge in [0.1, 0.15) is 49.1 Å². The number of ether oxygens (including phenoxy) is 5. The first kappa shape index (κ1) is 48.1. The lowest BCUT2D eigenvalue weighted by molar-refractivity contribution is -0.0580. The van der Waals surface area contributed by atoms with Gasteiger partial charge in [-0.05, 0) is 24.0 Å². The molecule has 22 heteroatoms. The summed E-state index contributed by atoms with van der Waals surface area (Å²) in [6.07, 6.45) is -2.26. The fourth-order valence-corrected chi connectivity index (χ4v) is 8.42. The standard InChI is InChI=1S/C25H36N8O4.C20H25N5O5.H2/c1-26-23-20-24(33(15-28-20)25-22(35)21(34)18(37-25)14-36-2)31-19(30-23)13-27-17-8-10-32(11-9-17)29-12-16-6-4-3-5-7-16;1-21-18-15-19(24-14(23-18)10-29-8-12-6-4-3-5-7-12)25(11-22-15)20-17(27)16(26)13(30-20)9-28-2;/h3-7,15,17-18,21-22,25,27,29,34-35H,8-14H2,1-2H3,(H,26,30,31);3-7,11,13,16-17,20,26-27H,8-10H2,1-2H3,(H,21,23,24);1H/t18-,21-,22-,25-;13-,16-,17-,20-;/m11./s1. The third kappa shape index (κ3) is 11.2. The molecule has 3 aliphatic heterocycles. The molecule has 3 fully saturated rings. The quantitative estimate of drug-likeness (QED) is 0.0607. The third-order valence-corrected chi connectivity index (χ3v) is 12.0. The number of anilines is 2. The first-order chi connectivity index (χ1) is 32.7. The van der Waals surface area contributed by atoms with Gasteiger partial charge in [0.05, 0.1) is 39.0 Å². The molecule has 8 N–H and O–H groups in total. The summed E-state index contributed by atoms with van der Waals surface area (Å²) >= 11 is 0. The molecule has 22 nitrogen and oxygen atoms in total. The van der Waals surface area contributed by atoms with Gasteiger partial charge in [-0.1, -0.05) is 60.7 Å². The van der Waals surface area contributed by atoms with Crippen LogP contribution in [0.4, 0.5) is 11.6 Å². The lowest BCUT2D eigenvalue weighted by atomic mass is 10.1. The zero-order valence-corrected chi connectivity index (χ0v) is 38.1. The van der Waals surface area contributed by atoms with E-state index in [1.165, 1.54) is 26.1 Å². The second-order valence-electron chi connectivity index (χ2n) is 16.6. The van der Waals surface area contributed by atoms with E-state index in [0.29, 0.717) is 64.8 Å². The number of fused-ring (bicyclic) bond motifs is 2. The Morgan fingerprint density at radius 2 is 1.15 bits per heavy atom. The van der Waals surface area contributed by atoms with E-state index in [1.54, 1.807) is 29.6 Å². The molecule has 0 saturated carbocycles. The topological polar surface area (TPSA) is 266 Å². The van der Waals surface area contributed by atoms with Crippen LogP contribution in [-0.2, 0) is 50.0 Å². The molecule has 67 heavy (non-hydrogen) atoms. The molecular weight excluding hydrogens is 867 g/mol. The predicted octanol–water partition coefficient (Wildman–Crippen LogP) is 1.49. The lowest BCUT2D eigenvalue weighted by Gasteiger charge is -2.32. The highest BCUT2D eigenvalue weighted by molar-refractivity contribution is 5.83. The van der Waals surface area contributed by atoms with Crippen molar-refractivity contribution in [1.29, 1.82) is 0 Å². The summed E-state index contributed by atoms with van der Waals surface area (Å²) in [6, 6.07) is 20.6. The molecule has 9 rings (SSSR count). The van der Waals surface area contributed by atoms with E-state index in [9.17, 15) is 20.4 Å². The molecule has 3 saturated heterocycles. The smallest absolute Gasteiger partial charge is 0.168 e. The number of imidazole rings is 2. The number of benzene rings is 2. The second-order valence-corrected chi connectivity index (χ2v) is 16.6. The van der Waals surface area contributed by atoms with Crippen LogP contribution in [0.2, 0.25) is 0 Å². The molecule has 0 spiro atoms. The summed E-state index contributed by atoms with van der Waals surface area (Å²) in [7, 11) is 6.57. The van der Waals surface area contributed by atoms with Gasteiger partial charge in [0.25, 0.3) is 0 Å². The maximum absolute atomic E-state index is 10.6. The van der Waals surface area contributed by atoms with Crippen LogP contribution in [0.15, 0.2) is 73.3 Å². The molecule has 0 aliphatic carbocycles. The number of rotatable bonds is 18. The molecule has 0 unspecified atom stereocenters. The van der Waals surface area contributed by atoms with Crippen LogP contribution >= 0.6 is 0 Å². The summed E-state index contributed by atoms with van der Waals surface area (Å²) in [4.78, 5) is 27.2. The van der Waals surface area contributed by atoms with E-state index in [4.69, 9.17) is 28.7 Å². The van der Waals surface area contributed by atoms with E-state index in [-0.39, 0.29) is 21.2 Å². The van der Waals surface area contributed by atoms with Gasteiger partial charge in [-0.25, -0.2) is 34.9 Å². The Bertz CT molecular complexity index is 2480. The number of aliphatic hydroxyl groups is 4. The maximum Gasteiger partial charge on any atom is 0.168 e. The van der Waals surface area contributed by atoms with E-state index in [1.807, 2.05) is 36.4 Å². The molecule has 2 aromatic carbocycles. The molecule has 7 heterocycles. The van der Waals surface area contributed by atoms with Crippen LogP contribution in [0.25, 0.3) is 22.3 Å². The van der Waals surface area contributed by atoms with Crippen molar-refractivity contribution in [3.8, 4) is 0 Å². The van der Waals surface area contributed by atoms with Gasteiger partial charge in [0.2, 0.25) is 0 Å². The molecule has 4 aromatic heterocycles. The van der Waals surface area contributed by atoms with Crippen molar-refractivity contribution < 1.29 is 45.5 Å². The highest BCUT2D eigenvalue weighted by Gasteiger charge is 2.45. The lowest BCUT2D eigenvalue weighted by Crippen LogP contribution is -2.47. The average molecular weight is 930 g/mol. The van der Waals surface area contributed by atoms with Crippen LogP contribution in [0.3, 0.4) is 0 Å². The predicted molar refractivity (Wildman–Crippen MR) is 247 cm³/mol. The van der Waals surface area contributed by atoms with Gasteiger partial charge < -0.3 is 60.1 Å². The van der Waals surface area contributed by atoms with E-state index in [0.717, 1.165) is 38.0 Å². The molecule has 6 aromatic rings. The fourth-order valence-electron chi connectivity index (χ4n) is 8.42. The first-order valence-electron chi connectivity index (χ1n) is 22.4. The maximum atomic E-state index is 10.6. The number of hydrogen-bond acceptors (Lipinski definition) is 20. The Kier molecular flexibility index (Phi) is 16.3. The monoisotopic (exact) mass is 929 g/mol. The molecule has 3 aliphatic rings. The number of methoxy groups -OCH3 is 2. The number of hydrazine groups is 1. The van der Waals surface area contributed by atoms with Crippen LogP contribution in [0.1, 0.15) is 49.5 Å². The van der Waals surface area contributed by atoms with Crippen molar-refractivity contribution in [3.05, 3.63) is 96.1 Å². The number of aliphatic hydroxyl groups excluding tert-OH is 4. The number of nitrogens with one attached hydrogen (secondary N) is 4. The molecule has 0 amide bonds. The Balaban J connectivity index is 0.000000203. The zero-order valence-electron chi connectivity index (χ0n) is 38.1. The van der Waals surface area contributed by atoms with E-state index in [2.05, 4.69) is 75.6 Å². The summed E-state index contributed by atoms with van der Waals surface area (Å²) in [5, 5.41) is 53.7. The van der Waals surface area contributed by atoms with Gasteiger partial charge >= 0.3 is 0 Å². The van der Waals surface area contributed by atoms with E-state index < -0.39 is 49.1 Å². The van der Waals surface area contributed by atoms with Crippen molar-refractivity contribution in [2.24, 2.45) is 0 Å². The van der Waals surface area contributed by atoms with Gasteiger partial charge in [-0.3, -0.25) is 14.6 Å². The second kappa shape index (κ2) is 22.6. The minimum absolute atomic E-state index is 0. The van der Waals surface area contributed by atoms with Gasteiger partial charge in [-0.2, -0.15) is 0 Å². The molecule has 8 atom stereocenters. The van der Waals surface area contributed by atoms with Gasteiger partial charge in [-0.15, -0.1) is 0 Å². The third-order valence-electron chi connectivity index (χ3n) is 12.0. The summed E-state index contributed by atoms with van der Waals surface area (Å²) in [6.45, 7) is 4.22. The Labute approximate surface area is 389 Å². The van der Waals surface area contributed by atoms with Gasteiger partial charge in [0.15, 0.2) is 52.2 Å². The highest BCUT2D eigenvalue weighted by Crippen LogP contribution is 2.34. The van der Waals surface area contributed by atoms with Crippen molar-refractivity contribution in [1.82, 2.24) is 54.8 Å². The Morgan fingerprint density at radius 3 is 1.67 bits per heavy atom. The fraction of sp³-hybridized carbons (Fsp3) is 0.511. The minimum Gasteiger partial charge on any atom is -0.387 e. The number of hydrogen-bond donors (Lipinski definition) is 8. The minimum atomic E-state index is -1.15. The molecule has 362 valence electrons. The molecule has 0 radical (unpaired) electrons. The normalized spacial score (nSPS) is 24.6. The highest BCUT2D eigenvalue weighted by atomic mass is 16.6. The number of nitrogens with zero attached hydrogens (tertiary/aromatic N) is 9. The largest absolute Gasteiger partial charge is 0.387 e. The Hall–Kier alpha value is -5.34. The molecular formula is C45H63N13O9.